The van der Waals surface area contributed by atoms with E-state index in [1.165, 1.54) is 0 Å². The number of para-hydroxylation sites is 1. The van der Waals surface area contributed by atoms with Crippen LogP contribution in [0.4, 0.5) is 5.82 Å². The zero-order valence-electron chi connectivity index (χ0n) is 11.2. The SMILES string of the molecule is CC1COCCN1c1cc(CN)c2ccccc2n1. The summed E-state index contributed by atoms with van der Waals surface area (Å²) in [6.07, 6.45) is 0. The summed E-state index contributed by atoms with van der Waals surface area (Å²) in [6.45, 7) is 5.10. The third-order valence-electron chi connectivity index (χ3n) is 3.67. The second-order valence-corrected chi connectivity index (χ2v) is 4.98. The Balaban J connectivity index is 2.08. The van der Waals surface area contributed by atoms with Crippen LogP contribution in [0.25, 0.3) is 10.9 Å². The molecule has 1 saturated heterocycles. The van der Waals surface area contributed by atoms with Crippen LogP contribution in [0.1, 0.15) is 12.5 Å². The van der Waals surface area contributed by atoms with Crippen molar-refractivity contribution in [2.45, 2.75) is 19.5 Å². The molecule has 1 aliphatic rings. The number of rotatable bonds is 2. The van der Waals surface area contributed by atoms with Gasteiger partial charge in [-0.25, -0.2) is 4.98 Å². The van der Waals surface area contributed by atoms with Gasteiger partial charge in [0.05, 0.1) is 24.8 Å². The Kier molecular flexibility index (Phi) is 3.36. The van der Waals surface area contributed by atoms with E-state index in [-0.39, 0.29) is 0 Å². The van der Waals surface area contributed by atoms with E-state index >= 15 is 0 Å². The number of ether oxygens (including phenoxy) is 1. The number of fused-ring (bicyclic) bond motifs is 1. The Morgan fingerprint density at radius 1 is 1.42 bits per heavy atom. The maximum absolute atomic E-state index is 5.88. The number of hydrogen-bond acceptors (Lipinski definition) is 4. The van der Waals surface area contributed by atoms with E-state index in [9.17, 15) is 0 Å². The highest BCUT2D eigenvalue weighted by Gasteiger charge is 2.21. The molecule has 4 nitrogen and oxygen atoms in total. The molecule has 19 heavy (non-hydrogen) atoms. The van der Waals surface area contributed by atoms with Crippen molar-refractivity contribution < 1.29 is 4.74 Å². The van der Waals surface area contributed by atoms with Gasteiger partial charge in [-0.15, -0.1) is 0 Å². The molecule has 100 valence electrons. The minimum Gasteiger partial charge on any atom is -0.377 e. The van der Waals surface area contributed by atoms with Crippen LogP contribution in [0.2, 0.25) is 0 Å². The van der Waals surface area contributed by atoms with Crippen LogP contribution in [0.3, 0.4) is 0 Å². The van der Waals surface area contributed by atoms with Crippen molar-refractivity contribution in [3.8, 4) is 0 Å². The molecule has 3 rings (SSSR count). The van der Waals surface area contributed by atoms with E-state index < -0.39 is 0 Å². The number of pyridine rings is 1. The third-order valence-corrected chi connectivity index (χ3v) is 3.67. The largest absolute Gasteiger partial charge is 0.377 e. The fourth-order valence-corrected chi connectivity index (χ4v) is 2.62. The van der Waals surface area contributed by atoms with Crippen LogP contribution in [-0.2, 0) is 11.3 Å². The topological polar surface area (TPSA) is 51.4 Å². The summed E-state index contributed by atoms with van der Waals surface area (Å²) in [5.41, 5.74) is 8.04. The first kappa shape index (κ1) is 12.4. The Labute approximate surface area is 113 Å². The Bertz CT molecular complexity index is 585. The van der Waals surface area contributed by atoms with Crippen LogP contribution in [0.5, 0.6) is 0 Å². The molecular formula is C15H19N3O. The van der Waals surface area contributed by atoms with Crippen LogP contribution < -0.4 is 10.6 Å². The highest BCUT2D eigenvalue weighted by molar-refractivity contribution is 5.84. The van der Waals surface area contributed by atoms with Gasteiger partial charge in [-0.2, -0.15) is 0 Å². The maximum Gasteiger partial charge on any atom is 0.129 e. The predicted octanol–water partition coefficient (Wildman–Crippen LogP) is 1.92. The smallest absolute Gasteiger partial charge is 0.129 e. The summed E-state index contributed by atoms with van der Waals surface area (Å²) in [7, 11) is 0. The number of anilines is 1. The normalized spacial score (nSPS) is 19.9. The number of benzene rings is 1. The second kappa shape index (κ2) is 5.15. The van der Waals surface area contributed by atoms with Crippen molar-refractivity contribution in [2.75, 3.05) is 24.7 Å². The Morgan fingerprint density at radius 2 is 2.26 bits per heavy atom. The molecule has 1 aromatic carbocycles. The number of morpholine rings is 1. The number of nitrogens with two attached hydrogens (primary N) is 1. The van der Waals surface area contributed by atoms with E-state index in [0.29, 0.717) is 12.6 Å². The van der Waals surface area contributed by atoms with Crippen LogP contribution in [-0.4, -0.2) is 30.8 Å². The number of nitrogens with zero attached hydrogens (tertiary/aromatic N) is 2. The summed E-state index contributed by atoms with van der Waals surface area (Å²) < 4.78 is 5.48. The number of aromatic nitrogens is 1. The predicted molar refractivity (Wildman–Crippen MR) is 77.3 cm³/mol. The monoisotopic (exact) mass is 257 g/mol. The lowest BCUT2D eigenvalue weighted by Gasteiger charge is -2.34. The first-order valence-electron chi connectivity index (χ1n) is 6.72. The highest BCUT2D eigenvalue weighted by Crippen LogP contribution is 2.24. The molecule has 0 spiro atoms. The summed E-state index contributed by atoms with van der Waals surface area (Å²) in [6, 6.07) is 10.6. The van der Waals surface area contributed by atoms with Gasteiger partial charge in [0.15, 0.2) is 0 Å². The molecule has 2 heterocycles. The Hall–Kier alpha value is -1.65. The van der Waals surface area contributed by atoms with E-state index in [2.05, 4.69) is 24.0 Å². The summed E-state index contributed by atoms with van der Waals surface area (Å²) >= 11 is 0. The van der Waals surface area contributed by atoms with Gasteiger partial charge in [0, 0.05) is 18.5 Å². The van der Waals surface area contributed by atoms with E-state index in [1.807, 2.05) is 18.2 Å². The molecule has 0 saturated carbocycles. The molecule has 0 bridgehead atoms. The molecule has 1 atom stereocenters. The van der Waals surface area contributed by atoms with Crippen molar-refractivity contribution in [1.82, 2.24) is 4.98 Å². The molecule has 1 aromatic heterocycles. The maximum atomic E-state index is 5.88. The van der Waals surface area contributed by atoms with Crippen molar-refractivity contribution in [3.05, 3.63) is 35.9 Å². The molecule has 4 heteroatoms. The Morgan fingerprint density at radius 3 is 3.05 bits per heavy atom. The first-order valence-corrected chi connectivity index (χ1v) is 6.72. The van der Waals surface area contributed by atoms with Gasteiger partial charge in [0.2, 0.25) is 0 Å². The first-order chi connectivity index (χ1) is 9.29. The molecule has 0 aliphatic carbocycles. The van der Waals surface area contributed by atoms with Gasteiger partial charge in [-0.3, -0.25) is 0 Å². The van der Waals surface area contributed by atoms with E-state index in [0.717, 1.165) is 42.0 Å². The summed E-state index contributed by atoms with van der Waals surface area (Å²) in [4.78, 5) is 7.07. The van der Waals surface area contributed by atoms with Gasteiger partial charge < -0.3 is 15.4 Å². The lowest BCUT2D eigenvalue weighted by Crippen LogP contribution is -2.44. The van der Waals surface area contributed by atoms with Crippen LogP contribution >= 0.6 is 0 Å². The third kappa shape index (κ3) is 2.29. The molecule has 1 aliphatic heterocycles. The van der Waals surface area contributed by atoms with Crippen molar-refractivity contribution >= 4 is 16.7 Å². The van der Waals surface area contributed by atoms with Crippen LogP contribution in [0, 0.1) is 0 Å². The van der Waals surface area contributed by atoms with Crippen LogP contribution in [0.15, 0.2) is 30.3 Å². The van der Waals surface area contributed by atoms with Gasteiger partial charge in [-0.1, -0.05) is 18.2 Å². The summed E-state index contributed by atoms with van der Waals surface area (Å²) in [5.74, 6) is 1.01. The van der Waals surface area contributed by atoms with Gasteiger partial charge in [-0.05, 0) is 24.6 Å². The van der Waals surface area contributed by atoms with Gasteiger partial charge >= 0.3 is 0 Å². The molecular weight excluding hydrogens is 238 g/mol. The van der Waals surface area contributed by atoms with Crippen molar-refractivity contribution in [2.24, 2.45) is 5.73 Å². The molecule has 0 amide bonds. The highest BCUT2D eigenvalue weighted by atomic mass is 16.5. The van der Waals surface area contributed by atoms with Gasteiger partial charge in [0.25, 0.3) is 0 Å². The molecule has 1 fully saturated rings. The fraction of sp³-hybridized carbons (Fsp3) is 0.400. The second-order valence-electron chi connectivity index (χ2n) is 4.98. The lowest BCUT2D eigenvalue weighted by molar-refractivity contribution is 0.0985. The zero-order chi connectivity index (χ0) is 13.2. The quantitative estimate of drug-likeness (QED) is 0.893. The van der Waals surface area contributed by atoms with Crippen molar-refractivity contribution in [3.63, 3.8) is 0 Å². The van der Waals surface area contributed by atoms with E-state index in [4.69, 9.17) is 15.5 Å². The number of hydrogen-bond donors (Lipinski definition) is 1. The average molecular weight is 257 g/mol. The molecule has 2 aromatic rings. The van der Waals surface area contributed by atoms with Gasteiger partial charge in [0.1, 0.15) is 5.82 Å². The molecule has 1 unspecified atom stereocenters. The zero-order valence-corrected chi connectivity index (χ0v) is 11.2. The minimum absolute atomic E-state index is 0.355. The molecule has 2 N–H and O–H groups in total. The lowest BCUT2D eigenvalue weighted by atomic mass is 10.1. The summed E-state index contributed by atoms with van der Waals surface area (Å²) in [5, 5.41) is 1.15. The van der Waals surface area contributed by atoms with E-state index in [1.54, 1.807) is 0 Å². The van der Waals surface area contributed by atoms with Crippen molar-refractivity contribution in [1.29, 1.82) is 0 Å². The fourth-order valence-electron chi connectivity index (χ4n) is 2.62. The minimum atomic E-state index is 0.355. The molecule has 0 radical (unpaired) electrons. The average Bonchev–Trinajstić information content (AvgIpc) is 2.46. The standard InChI is InChI=1S/C15H19N3O/c1-11-10-19-7-6-18(11)15-8-12(9-16)13-4-2-3-5-14(13)17-15/h2-5,8,11H,6-7,9-10,16H2,1H3.